The second kappa shape index (κ2) is 10.6. The van der Waals surface area contributed by atoms with Crippen molar-refractivity contribution in [2.75, 3.05) is 24.7 Å². The highest BCUT2D eigenvalue weighted by molar-refractivity contribution is 7.88. The van der Waals surface area contributed by atoms with Gasteiger partial charge in [0.05, 0.1) is 6.26 Å². The van der Waals surface area contributed by atoms with Crippen LogP contribution in [0, 0.1) is 6.92 Å². The molecule has 0 aliphatic carbocycles. The van der Waals surface area contributed by atoms with E-state index in [0.717, 1.165) is 18.5 Å². The Bertz CT molecular complexity index is 490. The Morgan fingerprint density at radius 1 is 1.00 bits per heavy atom. The van der Waals surface area contributed by atoms with E-state index in [0.29, 0.717) is 19.1 Å². The number of nitrogens with one attached hydrogen (secondary N) is 1. The summed E-state index contributed by atoms with van der Waals surface area (Å²) >= 11 is 0. The third kappa shape index (κ3) is 7.27. The van der Waals surface area contributed by atoms with Gasteiger partial charge < -0.3 is 5.32 Å². The molecule has 1 aromatic carbocycles. The second-order valence-corrected chi connectivity index (χ2v) is 6.93. The van der Waals surface area contributed by atoms with Gasteiger partial charge in [-0.25, -0.2) is 12.7 Å². The molecule has 0 spiro atoms. The largest absolute Gasteiger partial charge is 0.382 e. The number of hydrogen-bond acceptors (Lipinski definition) is 3. The zero-order valence-electron chi connectivity index (χ0n) is 14.9. The zero-order chi connectivity index (χ0) is 17.2. The molecule has 0 amide bonds. The van der Waals surface area contributed by atoms with Gasteiger partial charge in [0.2, 0.25) is 10.0 Å². The predicted molar refractivity (Wildman–Crippen MR) is 96.9 cm³/mol. The van der Waals surface area contributed by atoms with E-state index in [1.807, 2.05) is 27.7 Å². The second-order valence-electron chi connectivity index (χ2n) is 4.95. The first-order chi connectivity index (χ1) is 10.4. The van der Waals surface area contributed by atoms with Crippen molar-refractivity contribution in [1.29, 1.82) is 0 Å². The Kier molecular flexibility index (Phi) is 10.1. The van der Waals surface area contributed by atoms with Crippen LogP contribution >= 0.6 is 0 Å². The van der Waals surface area contributed by atoms with Gasteiger partial charge in [-0.2, -0.15) is 0 Å². The molecular weight excluding hydrogens is 296 g/mol. The summed E-state index contributed by atoms with van der Waals surface area (Å²) in [4.78, 5) is 0. The maximum Gasteiger partial charge on any atom is 0.211 e. The molecule has 0 atom stereocenters. The third-order valence-electron chi connectivity index (χ3n) is 3.35. The van der Waals surface area contributed by atoms with Crippen LogP contribution in [0.4, 0.5) is 5.69 Å². The number of rotatable bonds is 3. The van der Waals surface area contributed by atoms with Crippen molar-refractivity contribution >= 4 is 15.7 Å². The predicted octanol–water partition coefficient (Wildman–Crippen LogP) is 3.88. The van der Waals surface area contributed by atoms with Gasteiger partial charge >= 0.3 is 0 Å². The monoisotopic (exact) mass is 328 g/mol. The maximum absolute atomic E-state index is 11.4. The quantitative estimate of drug-likeness (QED) is 0.916. The van der Waals surface area contributed by atoms with Crippen LogP contribution in [0.2, 0.25) is 0 Å². The highest BCUT2D eigenvalue weighted by atomic mass is 32.2. The molecular formula is C17H32N2O2S. The number of anilines is 1. The molecule has 22 heavy (non-hydrogen) atoms. The lowest BCUT2D eigenvalue weighted by atomic mass is 10.1. The van der Waals surface area contributed by atoms with Crippen LogP contribution in [0.1, 0.15) is 46.1 Å². The van der Waals surface area contributed by atoms with Crippen molar-refractivity contribution < 1.29 is 8.42 Å². The summed E-state index contributed by atoms with van der Waals surface area (Å²) in [5.74, 6) is 0. The normalized spacial score (nSPS) is 15.9. The minimum Gasteiger partial charge on any atom is -0.382 e. The summed E-state index contributed by atoms with van der Waals surface area (Å²) in [7, 11) is -3.02. The molecule has 1 N–H and O–H groups in total. The molecule has 1 fully saturated rings. The minimum absolute atomic E-state index is 0.366. The average molecular weight is 329 g/mol. The maximum atomic E-state index is 11.4. The molecule has 2 rings (SSSR count). The molecule has 1 heterocycles. The van der Waals surface area contributed by atoms with Gasteiger partial charge in [0.25, 0.3) is 0 Å². The van der Waals surface area contributed by atoms with E-state index in [1.54, 1.807) is 4.31 Å². The Labute approximate surface area is 137 Å². The fourth-order valence-electron chi connectivity index (χ4n) is 2.22. The molecule has 0 saturated carbocycles. The van der Waals surface area contributed by atoms with Gasteiger partial charge in [0, 0.05) is 24.8 Å². The summed E-state index contributed by atoms with van der Waals surface area (Å²) in [6.07, 6.45) is 3.00. The molecule has 0 radical (unpaired) electrons. The van der Waals surface area contributed by atoms with Gasteiger partial charge in [0.1, 0.15) is 0 Å². The van der Waals surface area contributed by atoms with E-state index in [-0.39, 0.29) is 0 Å². The highest BCUT2D eigenvalue weighted by Gasteiger charge is 2.24. The smallest absolute Gasteiger partial charge is 0.211 e. The van der Waals surface area contributed by atoms with Crippen molar-refractivity contribution in [3.8, 4) is 0 Å². The molecule has 1 aromatic rings. The fraction of sp³-hybridized carbons (Fsp3) is 0.647. The molecule has 5 heteroatoms. The van der Waals surface area contributed by atoms with Crippen molar-refractivity contribution in [2.24, 2.45) is 0 Å². The Morgan fingerprint density at radius 2 is 1.45 bits per heavy atom. The summed E-state index contributed by atoms with van der Waals surface area (Å²) in [5.41, 5.74) is 2.35. The van der Waals surface area contributed by atoms with E-state index >= 15 is 0 Å². The third-order valence-corrected chi connectivity index (χ3v) is 4.65. The lowest BCUT2D eigenvalue weighted by molar-refractivity contribution is 0.332. The van der Waals surface area contributed by atoms with Crippen LogP contribution in [0.25, 0.3) is 0 Å². The number of sulfonamides is 1. The van der Waals surface area contributed by atoms with Crippen molar-refractivity contribution in [2.45, 2.75) is 53.5 Å². The lowest BCUT2D eigenvalue weighted by Crippen LogP contribution is -2.41. The van der Waals surface area contributed by atoms with Crippen molar-refractivity contribution in [1.82, 2.24) is 4.31 Å². The minimum atomic E-state index is -3.02. The zero-order valence-corrected chi connectivity index (χ0v) is 15.7. The fourth-order valence-corrected chi connectivity index (χ4v) is 3.09. The summed E-state index contributed by atoms with van der Waals surface area (Å²) < 4.78 is 24.3. The Hall–Kier alpha value is -1.07. The molecule has 1 aliphatic rings. The summed E-state index contributed by atoms with van der Waals surface area (Å²) in [6.45, 7) is 11.3. The van der Waals surface area contributed by atoms with E-state index in [1.165, 1.54) is 11.8 Å². The number of nitrogens with zero attached hydrogens (tertiary/aromatic N) is 1. The Morgan fingerprint density at radius 3 is 1.86 bits per heavy atom. The van der Waals surface area contributed by atoms with E-state index in [9.17, 15) is 8.42 Å². The molecule has 0 bridgehead atoms. The lowest BCUT2D eigenvalue weighted by Gasteiger charge is -2.31. The van der Waals surface area contributed by atoms with Gasteiger partial charge in [-0.3, -0.25) is 0 Å². The molecule has 0 aromatic heterocycles. The van der Waals surface area contributed by atoms with E-state index < -0.39 is 10.0 Å². The van der Waals surface area contributed by atoms with Crippen molar-refractivity contribution in [3.63, 3.8) is 0 Å². The van der Waals surface area contributed by atoms with Crippen LogP contribution in [-0.2, 0) is 10.0 Å². The number of benzene rings is 1. The van der Waals surface area contributed by atoms with Crippen LogP contribution in [0.3, 0.4) is 0 Å². The number of aryl methyl sites for hydroxylation is 1. The van der Waals surface area contributed by atoms with Gasteiger partial charge in [-0.1, -0.05) is 45.4 Å². The first-order valence-corrected chi connectivity index (χ1v) is 10.1. The summed E-state index contributed by atoms with van der Waals surface area (Å²) in [5, 5.41) is 3.46. The van der Waals surface area contributed by atoms with Gasteiger partial charge in [0.15, 0.2) is 0 Å². The highest BCUT2D eigenvalue weighted by Crippen LogP contribution is 2.18. The molecule has 0 unspecified atom stereocenters. The molecule has 4 nitrogen and oxygen atoms in total. The first-order valence-electron chi connectivity index (χ1n) is 8.23. The van der Waals surface area contributed by atoms with Crippen LogP contribution in [0.5, 0.6) is 0 Å². The molecule has 128 valence electrons. The van der Waals surface area contributed by atoms with Gasteiger partial charge in [-0.15, -0.1) is 0 Å². The summed E-state index contributed by atoms with van der Waals surface area (Å²) in [6, 6.07) is 8.66. The molecule has 1 aliphatic heterocycles. The SMILES string of the molecule is CC.CC.Cc1ccc(NC2CCN(S(C)(=O)=O)CC2)cc1. The Balaban J connectivity index is 0.00000102. The van der Waals surface area contributed by atoms with Crippen LogP contribution in [0.15, 0.2) is 24.3 Å². The van der Waals surface area contributed by atoms with Crippen molar-refractivity contribution in [3.05, 3.63) is 29.8 Å². The number of piperidine rings is 1. The van der Waals surface area contributed by atoms with Crippen LogP contribution in [-0.4, -0.2) is 38.1 Å². The average Bonchev–Trinajstić information content (AvgIpc) is 2.53. The standard InChI is InChI=1S/C13H20N2O2S.2C2H6/c1-11-3-5-12(6-4-11)14-13-7-9-15(10-8-13)18(2,16)17;2*1-2/h3-6,13-14H,7-10H2,1-2H3;2*1-2H3. The van der Waals surface area contributed by atoms with E-state index in [4.69, 9.17) is 0 Å². The topological polar surface area (TPSA) is 49.4 Å². The number of hydrogen-bond donors (Lipinski definition) is 1. The van der Waals surface area contributed by atoms with E-state index in [2.05, 4.69) is 36.5 Å². The first kappa shape index (κ1) is 20.9. The van der Waals surface area contributed by atoms with Gasteiger partial charge in [-0.05, 0) is 31.9 Å². The van der Waals surface area contributed by atoms with Crippen LogP contribution < -0.4 is 5.32 Å². The molecule has 1 saturated heterocycles.